The molecule has 1 aromatic carbocycles. The molecule has 1 heterocycles. The van der Waals surface area contributed by atoms with E-state index in [-0.39, 0.29) is 17.0 Å². The molecule has 0 unspecified atom stereocenters. The van der Waals surface area contributed by atoms with Crippen LogP contribution < -0.4 is 31.0 Å². The third kappa shape index (κ3) is 6.94. The third-order valence-electron chi connectivity index (χ3n) is 3.20. The quantitative estimate of drug-likeness (QED) is 0.480. The first-order valence-corrected chi connectivity index (χ1v) is 7.68. The van der Waals surface area contributed by atoms with Crippen molar-refractivity contribution < 1.29 is 31.0 Å². The van der Waals surface area contributed by atoms with Gasteiger partial charge in [0.05, 0.1) is 13.2 Å². The lowest BCUT2D eigenvalue weighted by atomic mass is 10.3. The Bertz CT molecular complexity index is 502. The van der Waals surface area contributed by atoms with Crippen LogP contribution in [0, 0.1) is 0 Å². The second-order valence-electron chi connectivity index (χ2n) is 4.99. The van der Waals surface area contributed by atoms with Crippen molar-refractivity contribution in [3.8, 4) is 11.5 Å². The molecule has 0 N–H and O–H groups in total. The zero-order chi connectivity index (χ0) is 14.8. The van der Waals surface area contributed by atoms with Gasteiger partial charge in [-0.05, 0) is 30.7 Å². The molecular weight excluding hydrogens is 342 g/mol. The summed E-state index contributed by atoms with van der Waals surface area (Å²) in [4.78, 5) is 0. The van der Waals surface area contributed by atoms with Gasteiger partial charge in [0.25, 0.3) is 0 Å². The van der Waals surface area contributed by atoms with Crippen LogP contribution in [0.2, 0.25) is 0 Å². The lowest BCUT2D eigenvalue weighted by molar-refractivity contribution is -0.697. The van der Waals surface area contributed by atoms with E-state index in [0.717, 1.165) is 50.5 Å². The van der Waals surface area contributed by atoms with E-state index in [2.05, 4.69) is 23.9 Å². The second kappa shape index (κ2) is 11.1. The van der Waals surface area contributed by atoms with Crippen LogP contribution >= 0.6 is 0 Å². The number of nitrogens with zero attached hydrogens (tertiary/aromatic N) is 1. The van der Waals surface area contributed by atoms with Crippen molar-refractivity contribution in [2.45, 2.75) is 32.7 Å². The summed E-state index contributed by atoms with van der Waals surface area (Å²) in [5.74, 6) is 1.81. The molecule has 0 radical (unpaired) electrons. The summed E-state index contributed by atoms with van der Waals surface area (Å²) in [5, 5.41) is 0. The molecule has 1 aromatic heterocycles. The van der Waals surface area contributed by atoms with E-state index >= 15 is 0 Å². The Morgan fingerprint density at radius 3 is 1.91 bits per heavy atom. The number of unbranched alkanes of at least 4 members (excludes halogenated alkanes) is 1. The number of ether oxygens (including phenoxy) is 2. The van der Waals surface area contributed by atoms with Gasteiger partial charge in [0.15, 0.2) is 18.9 Å². The summed E-state index contributed by atoms with van der Waals surface area (Å²) in [7, 11) is 0. The SMILES string of the molecule is CCCCOc1ccc(OCCC[n+]2ccccc2)cc1.[Br-]. The van der Waals surface area contributed by atoms with E-state index in [9.17, 15) is 0 Å². The standard InChI is InChI=1S/C18H24NO2.BrH/c1-2-3-15-20-17-8-10-18(11-9-17)21-16-7-14-19-12-5-4-6-13-19;/h4-6,8-13H,2-3,7,14-16H2,1H3;1H/q+1;/p-1. The molecule has 0 aliphatic rings. The molecule has 2 rings (SSSR count). The maximum absolute atomic E-state index is 5.74. The van der Waals surface area contributed by atoms with Gasteiger partial charge in [-0.1, -0.05) is 19.4 Å². The van der Waals surface area contributed by atoms with Crippen molar-refractivity contribution in [2.24, 2.45) is 0 Å². The normalized spacial score (nSPS) is 9.86. The number of benzene rings is 1. The van der Waals surface area contributed by atoms with Crippen molar-refractivity contribution in [2.75, 3.05) is 13.2 Å². The van der Waals surface area contributed by atoms with Gasteiger partial charge in [0.1, 0.15) is 11.5 Å². The number of halogens is 1. The molecule has 3 nitrogen and oxygen atoms in total. The molecule has 4 heteroatoms. The number of aromatic nitrogens is 1. The van der Waals surface area contributed by atoms with Gasteiger partial charge in [0, 0.05) is 18.6 Å². The smallest absolute Gasteiger partial charge is 0.168 e. The number of hydrogen-bond acceptors (Lipinski definition) is 2. The Balaban J connectivity index is 0.00000242. The molecule has 0 saturated carbocycles. The van der Waals surface area contributed by atoms with E-state index < -0.39 is 0 Å². The van der Waals surface area contributed by atoms with Crippen LogP contribution in [0.15, 0.2) is 54.9 Å². The van der Waals surface area contributed by atoms with Crippen LogP contribution in [0.5, 0.6) is 11.5 Å². The first-order chi connectivity index (χ1) is 10.4. The predicted molar refractivity (Wildman–Crippen MR) is 83.6 cm³/mol. The fourth-order valence-electron chi connectivity index (χ4n) is 1.99. The van der Waals surface area contributed by atoms with Crippen LogP contribution in [-0.4, -0.2) is 13.2 Å². The average Bonchev–Trinajstić information content (AvgIpc) is 2.54. The van der Waals surface area contributed by atoms with Crippen LogP contribution in [0.1, 0.15) is 26.2 Å². The van der Waals surface area contributed by atoms with E-state index in [1.165, 1.54) is 0 Å². The van der Waals surface area contributed by atoms with E-state index in [4.69, 9.17) is 9.47 Å². The fraction of sp³-hybridized carbons (Fsp3) is 0.389. The number of rotatable bonds is 9. The zero-order valence-corrected chi connectivity index (χ0v) is 14.7. The number of aryl methyl sites for hydroxylation is 1. The molecule has 120 valence electrons. The molecule has 0 fully saturated rings. The van der Waals surface area contributed by atoms with Crippen LogP contribution in [-0.2, 0) is 6.54 Å². The Hall–Kier alpha value is -1.55. The topological polar surface area (TPSA) is 22.3 Å². The van der Waals surface area contributed by atoms with Gasteiger partial charge in [-0.2, -0.15) is 0 Å². The molecule has 0 spiro atoms. The highest BCUT2D eigenvalue weighted by Crippen LogP contribution is 2.17. The van der Waals surface area contributed by atoms with Gasteiger partial charge in [-0.3, -0.25) is 0 Å². The molecule has 22 heavy (non-hydrogen) atoms. The average molecular weight is 366 g/mol. The number of pyridine rings is 1. The van der Waals surface area contributed by atoms with Crippen molar-refractivity contribution in [3.05, 3.63) is 54.9 Å². The minimum Gasteiger partial charge on any atom is -1.00 e. The highest BCUT2D eigenvalue weighted by Gasteiger charge is 2.00. The summed E-state index contributed by atoms with van der Waals surface area (Å²) >= 11 is 0. The van der Waals surface area contributed by atoms with Crippen molar-refractivity contribution in [1.29, 1.82) is 0 Å². The number of hydrogen-bond donors (Lipinski definition) is 0. The Morgan fingerprint density at radius 1 is 0.818 bits per heavy atom. The highest BCUT2D eigenvalue weighted by atomic mass is 79.9. The second-order valence-corrected chi connectivity index (χ2v) is 4.99. The molecule has 0 aliphatic carbocycles. The van der Waals surface area contributed by atoms with Crippen molar-refractivity contribution in [1.82, 2.24) is 0 Å². The molecule has 0 amide bonds. The summed E-state index contributed by atoms with van der Waals surface area (Å²) in [6, 6.07) is 14.0. The van der Waals surface area contributed by atoms with Crippen molar-refractivity contribution >= 4 is 0 Å². The van der Waals surface area contributed by atoms with E-state index in [1.807, 2.05) is 42.5 Å². The van der Waals surface area contributed by atoms with E-state index in [0.29, 0.717) is 0 Å². The lowest BCUT2D eigenvalue weighted by Gasteiger charge is -2.08. The zero-order valence-electron chi connectivity index (χ0n) is 13.1. The fourth-order valence-corrected chi connectivity index (χ4v) is 1.99. The van der Waals surface area contributed by atoms with Crippen LogP contribution in [0.4, 0.5) is 0 Å². The molecule has 0 bridgehead atoms. The summed E-state index contributed by atoms with van der Waals surface area (Å²) in [6.45, 7) is 4.63. The Labute approximate surface area is 143 Å². The van der Waals surface area contributed by atoms with E-state index in [1.54, 1.807) is 0 Å². The Kier molecular flexibility index (Phi) is 9.31. The minimum absolute atomic E-state index is 0. The summed E-state index contributed by atoms with van der Waals surface area (Å²) in [6.07, 6.45) is 7.38. The van der Waals surface area contributed by atoms with Gasteiger partial charge < -0.3 is 26.5 Å². The molecular formula is C18H24BrNO2. The van der Waals surface area contributed by atoms with Crippen LogP contribution in [0.3, 0.4) is 0 Å². The molecule has 0 atom stereocenters. The predicted octanol–water partition coefficient (Wildman–Crippen LogP) is 0.626. The third-order valence-corrected chi connectivity index (χ3v) is 3.20. The minimum atomic E-state index is 0. The van der Waals surface area contributed by atoms with Gasteiger partial charge in [-0.15, -0.1) is 0 Å². The molecule has 0 saturated heterocycles. The largest absolute Gasteiger partial charge is 1.00 e. The monoisotopic (exact) mass is 365 g/mol. The first-order valence-electron chi connectivity index (χ1n) is 7.68. The lowest BCUT2D eigenvalue weighted by Crippen LogP contribution is -3.00. The first kappa shape index (κ1) is 18.5. The van der Waals surface area contributed by atoms with Gasteiger partial charge >= 0.3 is 0 Å². The highest BCUT2D eigenvalue weighted by molar-refractivity contribution is 5.31. The summed E-state index contributed by atoms with van der Waals surface area (Å²) < 4.78 is 13.5. The van der Waals surface area contributed by atoms with Crippen molar-refractivity contribution in [3.63, 3.8) is 0 Å². The van der Waals surface area contributed by atoms with Gasteiger partial charge in [0.2, 0.25) is 0 Å². The van der Waals surface area contributed by atoms with Gasteiger partial charge in [-0.25, -0.2) is 4.57 Å². The maximum Gasteiger partial charge on any atom is 0.168 e. The molecule has 0 aliphatic heterocycles. The summed E-state index contributed by atoms with van der Waals surface area (Å²) in [5.41, 5.74) is 0. The van der Waals surface area contributed by atoms with Crippen LogP contribution in [0.25, 0.3) is 0 Å². The molecule has 2 aromatic rings. The maximum atomic E-state index is 5.74. The Morgan fingerprint density at radius 2 is 1.36 bits per heavy atom.